The smallest absolute Gasteiger partial charge is 0.158 e. The highest BCUT2D eigenvalue weighted by atomic mass is 28.2. The lowest BCUT2D eigenvalue weighted by Crippen LogP contribution is -2.29. The highest BCUT2D eigenvalue weighted by Gasteiger charge is 2.35. The van der Waals surface area contributed by atoms with Crippen LogP contribution in [0.5, 0.6) is 0 Å². The summed E-state index contributed by atoms with van der Waals surface area (Å²) in [5, 5.41) is -0.105. The van der Waals surface area contributed by atoms with Crippen LogP contribution in [0.25, 0.3) is 0 Å². The first-order valence-electron chi connectivity index (χ1n) is 4.24. The van der Waals surface area contributed by atoms with Gasteiger partial charge in [-0.1, -0.05) is 31.7 Å². The number of allylic oxidation sites excluding steroid dienone is 3. The van der Waals surface area contributed by atoms with E-state index >= 15 is 0 Å². The van der Waals surface area contributed by atoms with Gasteiger partial charge in [-0.15, -0.1) is 0 Å². The van der Waals surface area contributed by atoms with E-state index in [2.05, 4.69) is 20.0 Å². The van der Waals surface area contributed by atoms with Gasteiger partial charge in [0.2, 0.25) is 0 Å². The van der Waals surface area contributed by atoms with Crippen molar-refractivity contribution in [3.63, 3.8) is 0 Å². The van der Waals surface area contributed by atoms with Crippen LogP contribution in [0.2, 0.25) is 11.6 Å². The van der Waals surface area contributed by atoms with E-state index in [1.165, 1.54) is 0 Å². The number of hydrogen-bond donors (Lipinski definition) is 0. The number of rotatable bonds is 2. The second-order valence-electron chi connectivity index (χ2n) is 3.22. The van der Waals surface area contributed by atoms with Crippen LogP contribution in [0, 0.1) is 0 Å². The van der Waals surface area contributed by atoms with E-state index in [4.69, 9.17) is 0 Å². The first kappa shape index (κ1) is 9.45. The second kappa shape index (κ2) is 3.40. The topological polar surface area (TPSA) is 17.1 Å². The third-order valence-corrected chi connectivity index (χ3v) is 4.29. The van der Waals surface area contributed by atoms with E-state index in [-0.39, 0.29) is 5.04 Å². The first-order chi connectivity index (χ1) is 5.64. The normalized spacial score (nSPS) is 29.5. The predicted octanol–water partition coefficient (Wildman–Crippen LogP) is 2.39. The van der Waals surface area contributed by atoms with E-state index in [1.54, 1.807) is 6.08 Å². The molecule has 0 bridgehead atoms. The predicted molar refractivity (Wildman–Crippen MR) is 52.5 cm³/mol. The molecule has 0 saturated heterocycles. The number of ketones is 1. The van der Waals surface area contributed by atoms with Gasteiger partial charge < -0.3 is 0 Å². The molecule has 1 rings (SSSR count). The molecule has 0 heterocycles. The number of hydrogen-bond acceptors (Lipinski definition) is 1. The van der Waals surface area contributed by atoms with Crippen molar-refractivity contribution in [1.29, 1.82) is 0 Å². The van der Waals surface area contributed by atoms with Gasteiger partial charge >= 0.3 is 0 Å². The molecule has 0 aromatic carbocycles. The zero-order chi connectivity index (χ0) is 9.19. The van der Waals surface area contributed by atoms with E-state index in [0.29, 0.717) is 15.3 Å². The van der Waals surface area contributed by atoms with Crippen LogP contribution in [0.4, 0.5) is 0 Å². The molecule has 0 saturated carbocycles. The van der Waals surface area contributed by atoms with Gasteiger partial charge in [-0.3, -0.25) is 4.79 Å². The molecule has 0 N–H and O–H groups in total. The molecule has 12 heavy (non-hydrogen) atoms. The molecule has 0 aromatic rings. The summed E-state index contributed by atoms with van der Waals surface area (Å²) in [5.41, 5.74) is 1.09. The molecular weight excluding hydrogens is 164 g/mol. The maximum Gasteiger partial charge on any atom is 0.158 e. The van der Waals surface area contributed by atoms with Gasteiger partial charge in [-0.05, 0) is 18.9 Å². The average Bonchev–Trinajstić information content (AvgIpc) is 2.09. The van der Waals surface area contributed by atoms with E-state index in [9.17, 15) is 4.79 Å². The molecular formula is C10H14OSi. The fourth-order valence-electron chi connectivity index (χ4n) is 1.57. The molecule has 0 spiro atoms. The lowest BCUT2D eigenvalue weighted by molar-refractivity contribution is -0.117. The summed E-state index contributed by atoms with van der Waals surface area (Å²) < 4.78 is 0. The van der Waals surface area contributed by atoms with E-state index in [0.717, 1.165) is 18.4 Å². The largest absolute Gasteiger partial charge is 0.295 e. The summed E-state index contributed by atoms with van der Waals surface area (Å²) in [6.45, 7) is 8.09. The molecule has 2 heteroatoms. The Morgan fingerprint density at radius 1 is 1.67 bits per heavy atom. The maximum absolute atomic E-state index is 11.6. The number of carbonyl (C=O) groups is 1. The first-order valence-corrected chi connectivity index (χ1v) is 5.74. The molecule has 0 aliphatic heterocycles. The van der Waals surface area contributed by atoms with Crippen molar-refractivity contribution in [2.75, 3.05) is 0 Å². The minimum atomic E-state index is -0.105. The maximum atomic E-state index is 11.6. The van der Waals surface area contributed by atoms with Crippen molar-refractivity contribution in [3.8, 4) is 0 Å². The Kier molecular flexibility index (Phi) is 2.68. The third-order valence-electron chi connectivity index (χ3n) is 2.55. The molecule has 0 fully saturated rings. The van der Waals surface area contributed by atoms with Crippen LogP contribution in [0.3, 0.4) is 0 Å². The van der Waals surface area contributed by atoms with Crippen molar-refractivity contribution >= 4 is 15.3 Å². The SMILES string of the molecule is C=C1C=CC(=O)C(CC)([Si]C)C1. The lowest BCUT2D eigenvalue weighted by atomic mass is 9.87. The molecule has 1 aliphatic rings. The minimum absolute atomic E-state index is 0.105. The summed E-state index contributed by atoms with van der Waals surface area (Å²) in [6.07, 6.45) is 5.32. The Morgan fingerprint density at radius 3 is 2.75 bits per heavy atom. The van der Waals surface area contributed by atoms with Crippen molar-refractivity contribution in [2.45, 2.75) is 31.4 Å². The molecule has 1 aliphatic carbocycles. The molecule has 0 amide bonds. The Morgan fingerprint density at radius 2 is 2.33 bits per heavy atom. The summed E-state index contributed by atoms with van der Waals surface area (Å²) in [4.78, 5) is 11.6. The average molecular weight is 178 g/mol. The van der Waals surface area contributed by atoms with Gasteiger partial charge in [0, 0.05) is 5.04 Å². The molecule has 2 radical (unpaired) electrons. The van der Waals surface area contributed by atoms with E-state index in [1.807, 2.05) is 6.08 Å². The minimum Gasteiger partial charge on any atom is -0.295 e. The van der Waals surface area contributed by atoms with Crippen molar-refractivity contribution in [1.82, 2.24) is 0 Å². The van der Waals surface area contributed by atoms with Gasteiger partial charge in [0.25, 0.3) is 0 Å². The number of carbonyl (C=O) groups excluding carboxylic acids is 1. The van der Waals surface area contributed by atoms with Crippen LogP contribution in [0.15, 0.2) is 24.3 Å². The Labute approximate surface area is 76.4 Å². The van der Waals surface area contributed by atoms with Crippen molar-refractivity contribution in [3.05, 3.63) is 24.3 Å². The molecule has 1 nitrogen and oxygen atoms in total. The monoisotopic (exact) mass is 178 g/mol. The Balaban J connectivity index is 2.96. The van der Waals surface area contributed by atoms with Crippen molar-refractivity contribution in [2.24, 2.45) is 0 Å². The van der Waals surface area contributed by atoms with Gasteiger partial charge in [0.05, 0.1) is 9.52 Å². The van der Waals surface area contributed by atoms with Crippen LogP contribution < -0.4 is 0 Å². The van der Waals surface area contributed by atoms with E-state index < -0.39 is 0 Å². The van der Waals surface area contributed by atoms with Gasteiger partial charge in [0.15, 0.2) is 5.78 Å². The van der Waals surface area contributed by atoms with Gasteiger partial charge in [-0.2, -0.15) is 0 Å². The van der Waals surface area contributed by atoms with Gasteiger partial charge in [0.1, 0.15) is 0 Å². The molecule has 0 aromatic heterocycles. The molecule has 64 valence electrons. The van der Waals surface area contributed by atoms with Crippen LogP contribution in [-0.4, -0.2) is 15.3 Å². The van der Waals surface area contributed by atoms with Crippen molar-refractivity contribution < 1.29 is 4.79 Å². The zero-order valence-electron chi connectivity index (χ0n) is 7.68. The standard InChI is InChI=1S/C10H14OSi/c1-4-10(12-3)7-8(2)5-6-9(10)11/h5-6H,2,4,7H2,1,3H3. The second-order valence-corrected chi connectivity index (χ2v) is 4.68. The highest BCUT2D eigenvalue weighted by Crippen LogP contribution is 2.40. The summed E-state index contributed by atoms with van der Waals surface area (Å²) >= 11 is 0. The third kappa shape index (κ3) is 1.44. The fraction of sp³-hybridized carbons (Fsp3) is 0.500. The lowest BCUT2D eigenvalue weighted by Gasteiger charge is -2.31. The Bertz CT molecular complexity index is 236. The van der Waals surface area contributed by atoms with Crippen LogP contribution in [-0.2, 0) is 4.79 Å². The summed E-state index contributed by atoms with van der Waals surface area (Å²) in [6, 6.07) is 0. The quantitative estimate of drug-likeness (QED) is 0.593. The molecule has 1 unspecified atom stereocenters. The van der Waals surface area contributed by atoms with Gasteiger partial charge in [-0.25, -0.2) is 0 Å². The Hall–Kier alpha value is -0.633. The van der Waals surface area contributed by atoms with Crippen LogP contribution in [0.1, 0.15) is 19.8 Å². The zero-order valence-corrected chi connectivity index (χ0v) is 8.68. The summed E-state index contributed by atoms with van der Waals surface area (Å²) in [7, 11) is 0.682. The highest BCUT2D eigenvalue weighted by molar-refractivity contribution is 6.47. The van der Waals surface area contributed by atoms with Crippen LogP contribution >= 0.6 is 0 Å². The fourth-order valence-corrected chi connectivity index (χ4v) is 2.66. The summed E-state index contributed by atoms with van der Waals surface area (Å²) in [5.74, 6) is 0.290. The molecule has 1 atom stereocenters.